The lowest BCUT2D eigenvalue weighted by Crippen LogP contribution is -2.23. The Morgan fingerprint density at radius 1 is 1.11 bits per heavy atom. The van der Waals surface area contributed by atoms with Gasteiger partial charge in [0.25, 0.3) is 5.56 Å². The topological polar surface area (TPSA) is 95.9 Å². The molecule has 2 N–H and O–H groups in total. The Balaban J connectivity index is 1.60. The number of hydrogen-bond acceptors (Lipinski definition) is 4. The molecule has 1 fully saturated rings. The van der Waals surface area contributed by atoms with E-state index in [2.05, 4.69) is 52.1 Å². The van der Waals surface area contributed by atoms with E-state index in [4.69, 9.17) is 0 Å². The third-order valence-corrected chi connectivity index (χ3v) is 5.63. The Hall–Kier alpha value is -3.48. The van der Waals surface area contributed by atoms with Crippen molar-refractivity contribution in [1.82, 2.24) is 24.6 Å². The molecule has 0 aliphatic heterocycles. The standard InChI is InChI=1S/C21H19N5O2/c1-11-3-4-13(7-12(11)2)14-8-15(14)16-9-18(25-26-6-5-22-19(16)26)17-10-23-21(28)24-20(17)27/h3-7,9-10,14-15H,8H2,1-2H3,(H2,23,24,27,28)/t14-,15+/m1/s1. The highest BCUT2D eigenvalue weighted by molar-refractivity contribution is 5.63. The minimum Gasteiger partial charge on any atom is -0.313 e. The molecule has 0 saturated heterocycles. The summed E-state index contributed by atoms with van der Waals surface area (Å²) in [5.74, 6) is 0.763. The molecule has 0 unspecified atom stereocenters. The van der Waals surface area contributed by atoms with Crippen LogP contribution < -0.4 is 11.2 Å². The Bertz CT molecular complexity index is 1330. The lowest BCUT2D eigenvalue weighted by Gasteiger charge is -2.08. The summed E-state index contributed by atoms with van der Waals surface area (Å²) in [6, 6.07) is 8.56. The third kappa shape index (κ3) is 2.67. The molecule has 7 heteroatoms. The van der Waals surface area contributed by atoms with Crippen LogP contribution in [0.15, 0.2) is 52.4 Å². The molecular weight excluding hydrogens is 354 g/mol. The first-order valence-electron chi connectivity index (χ1n) is 9.25. The van der Waals surface area contributed by atoms with Crippen molar-refractivity contribution >= 4 is 5.65 Å². The van der Waals surface area contributed by atoms with Gasteiger partial charge in [0, 0.05) is 24.2 Å². The molecule has 0 spiro atoms. The number of hydrogen-bond donors (Lipinski definition) is 2. The fourth-order valence-corrected chi connectivity index (χ4v) is 3.85. The summed E-state index contributed by atoms with van der Waals surface area (Å²) in [5.41, 5.74) is 5.66. The lowest BCUT2D eigenvalue weighted by atomic mass is 10.0. The number of H-pyrrole nitrogens is 2. The Morgan fingerprint density at radius 2 is 1.96 bits per heavy atom. The van der Waals surface area contributed by atoms with Gasteiger partial charge in [-0.25, -0.2) is 14.3 Å². The van der Waals surface area contributed by atoms with Crippen molar-refractivity contribution in [2.45, 2.75) is 32.1 Å². The average Bonchev–Trinajstić information content (AvgIpc) is 3.31. The second-order valence-electron chi connectivity index (χ2n) is 7.46. The molecule has 3 heterocycles. The number of aromatic amines is 2. The van der Waals surface area contributed by atoms with E-state index in [0.29, 0.717) is 23.1 Å². The highest BCUT2D eigenvalue weighted by Gasteiger charge is 2.41. The van der Waals surface area contributed by atoms with Crippen LogP contribution in [0.4, 0.5) is 0 Å². The first-order valence-corrected chi connectivity index (χ1v) is 9.25. The normalized spacial score (nSPS) is 18.5. The van der Waals surface area contributed by atoms with Crippen LogP contribution in [0.3, 0.4) is 0 Å². The van der Waals surface area contributed by atoms with Crippen LogP contribution >= 0.6 is 0 Å². The van der Waals surface area contributed by atoms with Crippen LogP contribution in [0.25, 0.3) is 16.9 Å². The molecule has 1 aliphatic rings. The number of benzene rings is 1. The summed E-state index contributed by atoms with van der Waals surface area (Å²) in [7, 11) is 0. The maximum atomic E-state index is 12.2. The zero-order valence-electron chi connectivity index (χ0n) is 15.6. The van der Waals surface area contributed by atoms with Gasteiger partial charge in [-0.3, -0.25) is 9.78 Å². The van der Waals surface area contributed by atoms with Crippen molar-refractivity contribution in [2.24, 2.45) is 0 Å². The Kier molecular flexibility index (Phi) is 3.58. The summed E-state index contributed by atoms with van der Waals surface area (Å²) >= 11 is 0. The Labute approximate surface area is 160 Å². The molecule has 0 radical (unpaired) electrons. The maximum Gasteiger partial charge on any atom is 0.325 e. The van der Waals surface area contributed by atoms with Crippen molar-refractivity contribution in [3.05, 3.63) is 85.9 Å². The zero-order chi connectivity index (χ0) is 19.4. The first kappa shape index (κ1) is 16.7. The van der Waals surface area contributed by atoms with Gasteiger partial charge in [-0.15, -0.1) is 0 Å². The molecule has 7 nitrogen and oxygen atoms in total. The number of aryl methyl sites for hydroxylation is 2. The second kappa shape index (κ2) is 6.02. The van der Waals surface area contributed by atoms with Gasteiger partial charge >= 0.3 is 5.69 Å². The monoisotopic (exact) mass is 373 g/mol. The summed E-state index contributed by atoms with van der Waals surface area (Å²) in [4.78, 5) is 32.8. The van der Waals surface area contributed by atoms with Gasteiger partial charge in [0.05, 0.1) is 11.3 Å². The van der Waals surface area contributed by atoms with Crippen LogP contribution in [0, 0.1) is 13.8 Å². The van der Waals surface area contributed by atoms with Crippen molar-refractivity contribution in [2.75, 3.05) is 0 Å². The predicted molar refractivity (Wildman–Crippen MR) is 106 cm³/mol. The smallest absolute Gasteiger partial charge is 0.313 e. The van der Waals surface area contributed by atoms with Crippen LogP contribution in [0.5, 0.6) is 0 Å². The number of nitrogens with zero attached hydrogens (tertiary/aromatic N) is 3. The molecule has 3 aromatic heterocycles. The van der Waals surface area contributed by atoms with E-state index in [1.165, 1.54) is 22.9 Å². The van der Waals surface area contributed by atoms with Gasteiger partial charge in [-0.1, -0.05) is 18.2 Å². The SMILES string of the molecule is Cc1ccc([C@H]2C[C@@H]2c2cc(-c3c[nH]c(=O)[nH]c3=O)nn3ccnc23)cc1C. The van der Waals surface area contributed by atoms with E-state index in [1.807, 2.05) is 6.07 Å². The predicted octanol–water partition coefficient (Wildman–Crippen LogP) is 2.66. The van der Waals surface area contributed by atoms with Gasteiger partial charge in [0.1, 0.15) is 0 Å². The minimum absolute atomic E-state index is 0.329. The van der Waals surface area contributed by atoms with Crippen LogP contribution in [0.1, 0.15) is 40.5 Å². The molecule has 1 aliphatic carbocycles. The highest BCUT2D eigenvalue weighted by atomic mass is 16.2. The van der Waals surface area contributed by atoms with Crippen LogP contribution in [-0.4, -0.2) is 24.6 Å². The number of rotatable bonds is 3. The fraction of sp³-hybridized carbons (Fsp3) is 0.238. The van der Waals surface area contributed by atoms with Crippen LogP contribution in [0.2, 0.25) is 0 Å². The van der Waals surface area contributed by atoms with Gasteiger partial charge < -0.3 is 4.98 Å². The van der Waals surface area contributed by atoms with E-state index >= 15 is 0 Å². The van der Waals surface area contributed by atoms with Gasteiger partial charge in [0.2, 0.25) is 0 Å². The summed E-state index contributed by atoms with van der Waals surface area (Å²) in [6.07, 6.45) is 5.93. The second-order valence-corrected chi connectivity index (χ2v) is 7.46. The van der Waals surface area contributed by atoms with E-state index in [0.717, 1.165) is 17.6 Å². The van der Waals surface area contributed by atoms with Gasteiger partial charge in [-0.05, 0) is 54.9 Å². The highest BCUT2D eigenvalue weighted by Crippen LogP contribution is 2.55. The molecule has 0 bridgehead atoms. The largest absolute Gasteiger partial charge is 0.325 e. The number of fused-ring (bicyclic) bond motifs is 1. The minimum atomic E-state index is -0.533. The first-order chi connectivity index (χ1) is 13.5. The molecule has 4 aromatic rings. The van der Waals surface area contributed by atoms with Gasteiger partial charge in [-0.2, -0.15) is 5.10 Å². The van der Waals surface area contributed by atoms with Gasteiger partial charge in [0.15, 0.2) is 5.65 Å². The summed E-state index contributed by atoms with van der Waals surface area (Å²) in [6.45, 7) is 4.25. The number of aromatic nitrogens is 5. The molecule has 1 saturated carbocycles. The molecule has 0 amide bonds. The molecule has 2 atom stereocenters. The van der Waals surface area contributed by atoms with Crippen molar-refractivity contribution < 1.29 is 0 Å². The number of nitrogens with one attached hydrogen (secondary N) is 2. The van der Waals surface area contributed by atoms with E-state index in [-0.39, 0.29) is 0 Å². The lowest BCUT2D eigenvalue weighted by molar-refractivity contribution is 0.905. The summed E-state index contributed by atoms with van der Waals surface area (Å²) in [5, 5.41) is 4.50. The van der Waals surface area contributed by atoms with Crippen molar-refractivity contribution in [1.29, 1.82) is 0 Å². The van der Waals surface area contributed by atoms with E-state index in [9.17, 15) is 9.59 Å². The molecule has 28 heavy (non-hydrogen) atoms. The van der Waals surface area contributed by atoms with E-state index < -0.39 is 11.2 Å². The number of imidazole rings is 1. The van der Waals surface area contributed by atoms with Crippen molar-refractivity contribution in [3.63, 3.8) is 0 Å². The Morgan fingerprint density at radius 3 is 2.75 bits per heavy atom. The fourth-order valence-electron chi connectivity index (χ4n) is 3.85. The van der Waals surface area contributed by atoms with Crippen LogP contribution in [-0.2, 0) is 0 Å². The summed E-state index contributed by atoms with van der Waals surface area (Å²) < 4.78 is 1.70. The molecule has 140 valence electrons. The quantitative estimate of drug-likeness (QED) is 0.577. The van der Waals surface area contributed by atoms with E-state index in [1.54, 1.807) is 16.9 Å². The average molecular weight is 373 g/mol. The molecule has 1 aromatic carbocycles. The molecular formula is C21H19N5O2. The third-order valence-electron chi connectivity index (χ3n) is 5.63. The zero-order valence-corrected chi connectivity index (χ0v) is 15.6. The van der Waals surface area contributed by atoms with Crippen molar-refractivity contribution in [3.8, 4) is 11.3 Å². The molecule has 5 rings (SSSR count). The maximum absolute atomic E-state index is 12.2.